The predicted octanol–water partition coefficient (Wildman–Crippen LogP) is 3.62. The van der Waals surface area contributed by atoms with Crippen molar-refractivity contribution in [3.05, 3.63) is 54.6 Å². The van der Waals surface area contributed by atoms with Crippen LogP contribution in [-0.4, -0.2) is 19.2 Å². The van der Waals surface area contributed by atoms with Gasteiger partial charge in [-0.2, -0.15) is 5.26 Å². The van der Waals surface area contributed by atoms with Crippen molar-refractivity contribution in [3.63, 3.8) is 0 Å². The Bertz CT molecular complexity index is 590. The minimum absolute atomic E-state index is 0.284. The minimum atomic E-state index is -0.284. The average Bonchev–Trinajstić information content (AvgIpc) is 2.56. The van der Waals surface area contributed by atoms with Crippen LogP contribution in [0.1, 0.15) is 13.3 Å². The second kappa shape index (κ2) is 8.08. The lowest BCUT2D eigenvalue weighted by atomic mass is 10.1. The van der Waals surface area contributed by atoms with Crippen LogP contribution in [0.25, 0.3) is 11.1 Å². The van der Waals surface area contributed by atoms with E-state index in [1.165, 1.54) is 0 Å². The number of nitrogens with zero attached hydrogens (tertiary/aromatic N) is 1. The summed E-state index contributed by atoms with van der Waals surface area (Å²) in [7, 11) is 0. The first-order chi connectivity index (χ1) is 10.3. The van der Waals surface area contributed by atoms with E-state index < -0.39 is 0 Å². The first-order valence-electron chi connectivity index (χ1n) is 7.25. The maximum Gasteiger partial charge on any atom is 0.130 e. The number of rotatable bonds is 7. The maximum atomic E-state index is 9.12. The van der Waals surface area contributed by atoms with Gasteiger partial charge in [-0.1, -0.05) is 55.5 Å². The molecule has 0 aliphatic heterocycles. The summed E-state index contributed by atoms with van der Waals surface area (Å²) in [5.41, 5.74) is 2.16. The SMILES string of the molecule is CCCNC(C#N)COc1ccccc1-c1ccccc1. The topological polar surface area (TPSA) is 45.0 Å². The lowest BCUT2D eigenvalue weighted by Crippen LogP contribution is -2.33. The second-order valence-corrected chi connectivity index (χ2v) is 4.81. The third kappa shape index (κ3) is 4.34. The number of benzene rings is 2. The molecule has 2 rings (SSSR count). The van der Waals surface area contributed by atoms with E-state index in [0.29, 0.717) is 6.61 Å². The van der Waals surface area contributed by atoms with Crippen molar-refractivity contribution in [2.75, 3.05) is 13.2 Å². The summed E-state index contributed by atoms with van der Waals surface area (Å²) < 4.78 is 5.86. The zero-order chi connectivity index (χ0) is 14.9. The highest BCUT2D eigenvalue weighted by Gasteiger charge is 2.10. The quantitative estimate of drug-likeness (QED) is 0.842. The van der Waals surface area contributed by atoms with Crippen molar-refractivity contribution in [1.29, 1.82) is 5.26 Å². The Kier molecular flexibility index (Phi) is 5.81. The summed E-state index contributed by atoms with van der Waals surface area (Å²) in [6.45, 7) is 3.25. The zero-order valence-corrected chi connectivity index (χ0v) is 12.3. The van der Waals surface area contributed by atoms with Gasteiger partial charge in [0.2, 0.25) is 0 Å². The third-order valence-electron chi connectivity index (χ3n) is 3.17. The first kappa shape index (κ1) is 15.1. The molecule has 2 aromatic rings. The molecule has 1 unspecified atom stereocenters. The fraction of sp³-hybridized carbons (Fsp3) is 0.278. The summed E-state index contributed by atoms with van der Waals surface area (Å²) in [6, 6.07) is 20.0. The Morgan fingerprint density at radius 2 is 1.81 bits per heavy atom. The van der Waals surface area contributed by atoms with Crippen LogP contribution in [0.3, 0.4) is 0 Å². The van der Waals surface area contributed by atoms with Crippen LogP contribution in [0.4, 0.5) is 0 Å². The van der Waals surface area contributed by atoms with E-state index >= 15 is 0 Å². The van der Waals surface area contributed by atoms with Crippen molar-refractivity contribution in [1.82, 2.24) is 5.32 Å². The highest BCUT2D eigenvalue weighted by Crippen LogP contribution is 2.29. The smallest absolute Gasteiger partial charge is 0.130 e. The van der Waals surface area contributed by atoms with Crippen LogP contribution in [-0.2, 0) is 0 Å². The molecule has 0 aliphatic rings. The van der Waals surface area contributed by atoms with Gasteiger partial charge in [0, 0.05) is 5.56 Å². The van der Waals surface area contributed by atoms with Crippen LogP contribution in [0.15, 0.2) is 54.6 Å². The van der Waals surface area contributed by atoms with Gasteiger partial charge < -0.3 is 4.74 Å². The highest BCUT2D eigenvalue weighted by molar-refractivity contribution is 5.70. The molecule has 0 fully saturated rings. The standard InChI is InChI=1S/C18H20N2O/c1-2-12-20-16(13-19)14-21-18-11-7-6-10-17(18)15-8-4-3-5-9-15/h3-11,16,20H,2,12,14H2,1H3. The first-order valence-corrected chi connectivity index (χ1v) is 7.25. The van der Waals surface area contributed by atoms with Crippen molar-refractivity contribution >= 4 is 0 Å². The van der Waals surface area contributed by atoms with E-state index in [-0.39, 0.29) is 6.04 Å². The molecule has 0 radical (unpaired) electrons. The van der Waals surface area contributed by atoms with Gasteiger partial charge >= 0.3 is 0 Å². The van der Waals surface area contributed by atoms with E-state index in [1.54, 1.807) is 0 Å². The molecule has 0 aromatic heterocycles. The van der Waals surface area contributed by atoms with Gasteiger partial charge in [-0.25, -0.2) is 0 Å². The largest absolute Gasteiger partial charge is 0.490 e. The second-order valence-electron chi connectivity index (χ2n) is 4.81. The molecule has 3 heteroatoms. The van der Waals surface area contributed by atoms with Gasteiger partial charge in [0.25, 0.3) is 0 Å². The molecule has 21 heavy (non-hydrogen) atoms. The van der Waals surface area contributed by atoms with Crippen LogP contribution >= 0.6 is 0 Å². The number of para-hydroxylation sites is 1. The fourth-order valence-corrected chi connectivity index (χ4v) is 2.08. The number of hydrogen-bond donors (Lipinski definition) is 1. The summed E-state index contributed by atoms with van der Waals surface area (Å²) in [4.78, 5) is 0. The van der Waals surface area contributed by atoms with Crippen LogP contribution in [0, 0.1) is 11.3 Å². The maximum absolute atomic E-state index is 9.12. The molecule has 1 N–H and O–H groups in total. The van der Waals surface area contributed by atoms with Crippen LogP contribution < -0.4 is 10.1 Å². The predicted molar refractivity (Wildman–Crippen MR) is 85.1 cm³/mol. The molecule has 108 valence electrons. The molecule has 0 bridgehead atoms. The average molecular weight is 280 g/mol. The molecule has 3 nitrogen and oxygen atoms in total. The molecule has 0 heterocycles. The Hall–Kier alpha value is -2.31. The lowest BCUT2D eigenvalue weighted by molar-refractivity contribution is 0.290. The highest BCUT2D eigenvalue weighted by atomic mass is 16.5. The van der Waals surface area contributed by atoms with E-state index in [2.05, 4.69) is 30.4 Å². The molecule has 0 amide bonds. The molecule has 0 aliphatic carbocycles. The summed E-state index contributed by atoms with van der Waals surface area (Å²) in [6.07, 6.45) is 0.999. The number of ether oxygens (including phenoxy) is 1. The van der Waals surface area contributed by atoms with Gasteiger partial charge in [0.1, 0.15) is 18.4 Å². The Morgan fingerprint density at radius 1 is 1.10 bits per heavy atom. The monoisotopic (exact) mass is 280 g/mol. The summed E-state index contributed by atoms with van der Waals surface area (Å²) in [5.74, 6) is 0.808. The Labute approximate surface area is 126 Å². The molecular formula is C18H20N2O. The normalized spacial score (nSPS) is 11.6. The van der Waals surface area contributed by atoms with Crippen LogP contribution in [0.2, 0.25) is 0 Å². The molecule has 0 saturated heterocycles. The van der Waals surface area contributed by atoms with Gasteiger partial charge in [-0.3, -0.25) is 5.32 Å². The number of hydrogen-bond acceptors (Lipinski definition) is 3. The molecule has 0 spiro atoms. The van der Waals surface area contributed by atoms with Gasteiger partial charge in [0.15, 0.2) is 0 Å². The minimum Gasteiger partial charge on any atom is -0.490 e. The zero-order valence-electron chi connectivity index (χ0n) is 12.3. The van der Waals surface area contributed by atoms with Crippen molar-refractivity contribution in [2.24, 2.45) is 0 Å². The van der Waals surface area contributed by atoms with Crippen molar-refractivity contribution < 1.29 is 4.74 Å². The summed E-state index contributed by atoms with van der Waals surface area (Å²) in [5, 5.41) is 12.3. The Morgan fingerprint density at radius 3 is 2.52 bits per heavy atom. The molecular weight excluding hydrogens is 260 g/mol. The fourth-order valence-electron chi connectivity index (χ4n) is 2.08. The number of nitrogens with one attached hydrogen (secondary N) is 1. The van der Waals surface area contributed by atoms with Crippen molar-refractivity contribution in [2.45, 2.75) is 19.4 Å². The lowest BCUT2D eigenvalue weighted by Gasteiger charge is -2.15. The van der Waals surface area contributed by atoms with Crippen molar-refractivity contribution in [3.8, 4) is 22.9 Å². The molecule has 2 aromatic carbocycles. The van der Waals surface area contributed by atoms with E-state index in [1.807, 2.05) is 42.5 Å². The van der Waals surface area contributed by atoms with E-state index in [4.69, 9.17) is 10.00 Å². The van der Waals surface area contributed by atoms with E-state index in [0.717, 1.165) is 29.8 Å². The van der Waals surface area contributed by atoms with E-state index in [9.17, 15) is 0 Å². The van der Waals surface area contributed by atoms with Gasteiger partial charge in [-0.05, 0) is 24.6 Å². The summed E-state index contributed by atoms with van der Waals surface area (Å²) >= 11 is 0. The molecule has 0 saturated carbocycles. The van der Waals surface area contributed by atoms with Gasteiger partial charge in [-0.15, -0.1) is 0 Å². The van der Waals surface area contributed by atoms with Gasteiger partial charge in [0.05, 0.1) is 6.07 Å². The molecule has 1 atom stereocenters. The number of nitriles is 1. The Balaban J connectivity index is 2.09. The third-order valence-corrected chi connectivity index (χ3v) is 3.17. The van der Waals surface area contributed by atoms with Crippen LogP contribution in [0.5, 0.6) is 5.75 Å².